The first-order valence-corrected chi connectivity index (χ1v) is 2.62. The van der Waals surface area contributed by atoms with E-state index in [1.807, 2.05) is 0 Å². The molecule has 56 valence electrons. The van der Waals surface area contributed by atoms with E-state index in [4.69, 9.17) is 0 Å². The van der Waals surface area contributed by atoms with Crippen molar-refractivity contribution in [1.29, 1.82) is 0 Å². The van der Waals surface area contributed by atoms with E-state index in [0.29, 0.717) is 5.92 Å². The minimum atomic E-state index is 0. The van der Waals surface area contributed by atoms with Gasteiger partial charge in [0.2, 0.25) is 0 Å². The third-order valence-electron chi connectivity index (χ3n) is 0.402. The first-order chi connectivity index (χ1) is 2.27. The summed E-state index contributed by atoms with van der Waals surface area (Å²) in [5.74, 6) is 0.597. The molecule has 0 aromatic carbocycles. The molecule has 0 aliphatic heterocycles. The number of hydrogen-bond acceptors (Lipinski definition) is 0. The van der Waals surface area contributed by atoms with Crippen LogP contribution in [0, 0.1) is 35.1 Å². The molecule has 0 nitrogen and oxygen atoms in total. The Hall–Kier alpha value is 1.31. The van der Waals surface area contributed by atoms with Crippen molar-refractivity contribution in [2.24, 2.45) is 5.92 Å². The Morgan fingerprint density at radius 3 is 1.44 bits per heavy atom. The molecule has 0 bridgehead atoms. The van der Waals surface area contributed by atoms with Gasteiger partial charge in [0.05, 0.1) is 0 Å². The standard InChI is InChI=1S/C4H10P.3CH3.Zr/c1-4(2)3-5;;;;/h4H,1,3,5H2,2H3;3*1H3;/q4*-1;+4/t4-;;;;/m0..../s1. The van der Waals surface area contributed by atoms with Gasteiger partial charge in [-0.25, -0.2) is 0 Å². The monoisotopic (exact) mass is 224 g/mol. The van der Waals surface area contributed by atoms with Gasteiger partial charge in [0.15, 0.2) is 0 Å². The maximum atomic E-state index is 3.74. The van der Waals surface area contributed by atoms with Crippen molar-refractivity contribution in [2.45, 2.75) is 6.92 Å². The van der Waals surface area contributed by atoms with Gasteiger partial charge in [0, 0.05) is 0 Å². The summed E-state index contributed by atoms with van der Waals surface area (Å²) >= 11 is 0. The van der Waals surface area contributed by atoms with Crippen LogP contribution in [0.15, 0.2) is 0 Å². The summed E-state index contributed by atoms with van der Waals surface area (Å²) in [5.41, 5.74) is 0. The van der Waals surface area contributed by atoms with Gasteiger partial charge >= 0.3 is 26.2 Å². The number of rotatable bonds is 1. The van der Waals surface area contributed by atoms with E-state index in [-0.39, 0.29) is 48.5 Å². The van der Waals surface area contributed by atoms with Crippen LogP contribution in [0.3, 0.4) is 0 Å². The number of hydrogen-bond donors (Lipinski definition) is 0. The molecule has 0 heterocycles. The van der Waals surface area contributed by atoms with Crippen LogP contribution >= 0.6 is 9.24 Å². The molecule has 0 amide bonds. The van der Waals surface area contributed by atoms with Crippen LogP contribution in [0.1, 0.15) is 6.92 Å². The molecule has 0 radical (unpaired) electrons. The van der Waals surface area contributed by atoms with Crippen LogP contribution in [0.5, 0.6) is 0 Å². The van der Waals surface area contributed by atoms with Crippen molar-refractivity contribution in [1.82, 2.24) is 0 Å². The van der Waals surface area contributed by atoms with Gasteiger partial charge in [-0.2, -0.15) is 5.92 Å². The third kappa shape index (κ3) is 45.4. The summed E-state index contributed by atoms with van der Waals surface area (Å²) in [6.45, 7) is 5.83. The van der Waals surface area contributed by atoms with Crippen molar-refractivity contribution in [3.05, 3.63) is 29.2 Å². The molecular formula is C7H19PZr. The quantitative estimate of drug-likeness (QED) is 0.475. The van der Waals surface area contributed by atoms with Crippen molar-refractivity contribution < 1.29 is 26.2 Å². The van der Waals surface area contributed by atoms with E-state index in [1.54, 1.807) is 0 Å². The van der Waals surface area contributed by atoms with Crippen LogP contribution in [-0.2, 0) is 26.2 Å². The second-order valence-corrected chi connectivity index (χ2v) is 1.81. The Kier molecular flexibility index (Phi) is 80.3. The van der Waals surface area contributed by atoms with Crippen molar-refractivity contribution in [2.75, 3.05) is 6.16 Å². The molecule has 0 spiro atoms. The first-order valence-electron chi connectivity index (χ1n) is 1.80. The minimum absolute atomic E-state index is 0. The van der Waals surface area contributed by atoms with Gasteiger partial charge in [0.1, 0.15) is 0 Å². The van der Waals surface area contributed by atoms with Gasteiger partial charge in [-0.1, -0.05) is 13.1 Å². The summed E-state index contributed by atoms with van der Waals surface area (Å²) in [7, 11) is 2.63. The summed E-state index contributed by atoms with van der Waals surface area (Å²) in [6, 6.07) is 0. The molecule has 0 aliphatic carbocycles. The predicted molar refractivity (Wildman–Crippen MR) is 48.3 cm³/mol. The van der Waals surface area contributed by atoms with E-state index in [2.05, 4.69) is 23.1 Å². The molecular weight excluding hydrogens is 206 g/mol. The smallest absolute Gasteiger partial charge is 0.358 e. The fourth-order valence-electron chi connectivity index (χ4n) is 0. The molecule has 0 N–H and O–H groups in total. The van der Waals surface area contributed by atoms with Crippen LogP contribution in [0.2, 0.25) is 0 Å². The van der Waals surface area contributed by atoms with E-state index < -0.39 is 0 Å². The van der Waals surface area contributed by atoms with Gasteiger partial charge in [-0.15, -0.1) is 9.24 Å². The maximum absolute atomic E-state index is 3.74. The van der Waals surface area contributed by atoms with Crippen LogP contribution in [0.25, 0.3) is 0 Å². The molecule has 2 atom stereocenters. The molecule has 0 saturated carbocycles. The first kappa shape index (κ1) is 31.7. The minimum Gasteiger partial charge on any atom is -0.358 e. The van der Waals surface area contributed by atoms with E-state index in [1.165, 1.54) is 0 Å². The fraction of sp³-hybridized carbons (Fsp3) is 0.429. The van der Waals surface area contributed by atoms with E-state index in [9.17, 15) is 0 Å². The van der Waals surface area contributed by atoms with Crippen molar-refractivity contribution in [3.63, 3.8) is 0 Å². The molecule has 1 unspecified atom stereocenters. The SMILES string of the molecule is [CH2-][C@@H](C)CP.[CH3-].[CH3-].[CH3-].[Zr+4]. The summed E-state index contributed by atoms with van der Waals surface area (Å²) in [5, 5.41) is 0. The van der Waals surface area contributed by atoms with Crippen molar-refractivity contribution in [3.8, 4) is 0 Å². The predicted octanol–water partition coefficient (Wildman–Crippen LogP) is 2.68. The molecule has 0 saturated heterocycles. The third-order valence-corrected chi connectivity index (χ3v) is 1.21. The van der Waals surface area contributed by atoms with Crippen LogP contribution in [0.4, 0.5) is 0 Å². The molecule has 0 aliphatic rings. The van der Waals surface area contributed by atoms with Crippen LogP contribution in [-0.4, -0.2) is 6.16 Å². The van der Waals surface area contributed by atoms with Gasteiger partial charge in [-0.3, -0.25) is 0 Å². The normalized spacial score (nSPS) is 8.33. The molecule has 0 rings (SSSR count). The largest absolute Gasteiger partial charge is 4.00 e. The average Bonchev–Trinajstić information content (AvgIpc) is 1.38. The van der Waals surface area contributed by atoms with Gasteiger partial charge < -0.3 is 29.2 Å². The Balaban J connectivity index is -0.0000000133. The Labute approximate surface area is 83.5 Å². The molecule has 0 aromatic heterocycles. The van der Waals surface area contributed by atoms with Gasteiger partial charge in [-0.05, 0) is 0 Å². The zero-order valence-electron chi connectivity index (χ0n) is 7.07. The zero-order chi connectivity index (χ0) is 4.28. The molecule has 0 fully saturated rings. The van der Waals surface area contributed by atoms with Crippen molar-refractivity contribution >= 4 is 9.24 Å². The van der Waals surface area contributed by atoms with Crippen LogP contribution < -0.4 is 0 Å². The molecule has 0 aromatic rings. The summed E-state index contributed by atoms with van der Waals surface area (Å²) < 4.78 is 0. The summed E-state index contributed by atoms with van der Waals surface area (Å²) in [6.07, 6.45) is 1.11. The second-order valence-electron chi connectivity index (χ2n) is 1.34. The fourth-order valence-corrected chi connectivity index (χ4v) is 0. The summed E-state index contributed by atoms with van der Waals surface area (Å²) in [4.78, 5) is 0. The second kappa shape index (κ2) is 22.8. The average molecular weight is 225 g/mol. The Bertz CT molecular complexity index is 22.9. The van der Waals surface area contributed by atoms with E-state index in [0.717, 1.165) is 6.16 Å². The zero-order valence-corrected chi connectivity index (χ0v) is 10.7. The molecule has 2 heteroatoms. The molecule has 9 heavy (non-hydrogen) atoms. The topological polar surface area (TPSA) is 0 Å². The van der Waals surface area contributed by atoms with Gasteiger partial charge in [0.25, 0.3) is 0 Å². The maximum Gasteiger partial charge on any atom is 4.00 e. The Morgan fingerprint density at radius 2 is 1.44 bits per heavy atom. The van der Waals surface area contributed by atoms with E-state index >= 15 is 0 Å². The Morgan fingerprint density at radius 1 is 1.33 bits per heavy atom.